The van der Waals surface area contributed by atoms with Crippen molar-refractivity contribution >= 4 is 33.0 Å². The molecule has 0 spiro atoms. The fourth-order valence-corrected chi connectivity index (χ4v) is 2.45. The number of rotatable bonds is 3. The molecule has 0 bridgehead atoms. The van der Waals surface area contributed by atoms with Crippen molar-refractivity contribution < 1.29 is 4.79 Å². The summed E-state index contributed by atoms with van der Waals surface area (Å²) in [5, 5.41) is 0. The summed E-state index contributed by atoms with van der Waals surface area (Å²) in [6, 6.07) is 1.95. The van der Waals surface area contributed by atoms with Crippen molar-refractivity contribution in [2.45, 2.75) is 26.7 Å². The first-order valence-corrected chi connectivity index (χ1v) is 5.55. The van der Waals surface area contributed by atoms with Gasteiger partial charge in [0.1, 0.15) is 0 Å². The second-order valence-electron chi connectivity index (χ2n) is 2.74. The van der Waals surface area contributed by atoms with E-state index in [1.54, 1.807) is 0 Å². The topological polar surface area (TPSA) is 17.1 Å². The highest BCUT2D eigenvalue weighted by molar-refractivity contribution is 9.11. The van der Waals surface area contributed by atoms with E-state index in [0.29, 0.717) is 6.42 Å². The molecule has 1 rings (SSSR count). The van der Waals surface area contributed by atoms with Gasteiger partial charge < -0.3 is 0 Å². The van der Waals surface area contributed by atoms with Crippen molar-refractivity contribution in [1.82, 2.24) is 0 Å². The van der Waals surface area contributed by atoms with Crippen molar-refractivity contribution in [3.8, 4) is 0 Å². The molecule has 12 heavy (non-hydrogen) atoms. The molecule has 0 fully saturated rings. The van der Waals surface area contributed by atoms with E-state index < -0.39 is 0 Å². The number of Topliss-reactive ketones (excluding diaryl/α,β-unsaturated/α-hetero) is 1. The maximum Gasteiger partial charge on any atom is 0.172 e. The highest BCUT2D eigenvalue weighted by Crippen LogP contribution is 2.28. The first-order valence-electron chi connectivity index (χ1n) is 3.94. The van der Waals surface area contributed by atoms with Crippen LogP contribution in [0.4, 0.5) is 0 Å². The lowest BCUT2D eigenvalue weighted by Gasteiger charge is -1.91. The van der Waals surface area contributed by atoms with Crippen molar-refractivity contribution in [2.75, 3.05) is 0 Å². The van der Waals surface area contributed by atoms with Crippen LogP contribution in [0.2, 0.25) is 0 Å². The Morgan fingerprint density at radius 1 is 1.67 bits per heavy atom. The molecule has 0 unspecified atom stereocenters. The summed E-state index contributed by atoms with van der Waals surface area (Å²) in [6.45, 7) is 4.02. The molecule has 0 saturated carbocycles. The Bertz CT molecular complexity index is 271. The minimum Gasteiger partial charge on any atom is -0.293 e. The SMILES string of the molecule is CCCC(=O)c1cc(C)c(Br)s1. The predicted octanol–water partition coefficient (Wildman–Crippen LogP) is 3.80. The lowest BCUT2D eigenvalue weighted by molar-refractivity contribution is 0.0985. The van der Waals surface area contributed by atoms with Gasteiger partial charge in [-0.3, -0.25) is 4.79 Å². The number of thiophene rings is 1. The summed E-state index contributed by atoms with van der Waals surface area (Å²) >= 11 is 4.93. The van der Waals surface area contributed by atoms with E-state index in [4.69, 9.17) is 0 Å². The second kappa shape index (κ2) is 4.19. The smallest absolute Gasteiger partial charge is 0.172 e. The predicted molar refractivity (Wildman–Crippen MR) is 56.0 cm³/mol. The van der Waals surface area contributed by atoms with Crippen LogP contribution in [0.3, 0.4) is 0 Å². The van der Waals surface area contributed by atoms with Gasteiger partial charge in [-0.25, -0.2) is 0 Å². The molecule has 0 aliphatic rings. The lowest BCUT2D eigenvalue weighted by Crippen LogP contribution is -1.93. The van der Waals surface area contributed by atoms with E-state index in [2.05, 4.69) is 15.9 Å². The van der Waals surface area contributed by atoms with Gasteiger partial charge in [-0.05, 0) is 40.9 Å². The molecular formula is C9H11BrOS. The minimum atomic E-state index is 0.260. The molecule has 0 aliphatic carbocycles. The zero-order valence-electron chi connectivity index (χ0n) is 7.19. The minimum absolute atomic E-state index is 0.260. The summed E-state index contributed by atoms with van der Waals surface area (Å²) in [5.74, 6) is 0.260. The van der Waals surface area contributed by atoms with E-state index in [-0.39, 0.29) is 5.78 Å². The molecule has 0 N–H and O–H groups in total. The molecule has 0 aliphatic heterocycles. The van der Waals surface area contributed by atoms with Crippen LogP contribution in [0.15, 0.2) is 9.85 Å². The monoisotopic (exact) mass is 246 g/mol. The van der Waals surface area contributed by atoms with E-state index in [1.165, 1.54) is 11.3 Å². The summed E-state index contributed by atoms with van der Waals surface area (Å²) in [4.78, 5) is 12.3. The largest absolute Gasteiger partial charge is 0.293 e. The molecule has 3 heteroatoms. The van der Waals surface area contributed by atoms with Gasteiger partial charge in [0, 0.05) is 6.42 Å². The summed E-state index contributed by atoms with van der Waals surface area (Å²) < 4.78 is 1.07. The van der Waals surface area contributed by atoms with Crippen LogP contribution in [-0.2, 0) is 0 Å². The van der Waals surface area contributed by atoms with Crippen molar-refractivity contribution in [3.63, 3.8) is 0 Å². The van der Waals surface area contributed by atoms with Crippen LogP contribution in [0.1, 0.15) is 35.0 Å². The number of ketones is 1. The fraction of sp³-hybridized carbons (Fsp3) is 0.444. The highest BCUT2D eigenvalue weighted by Gasteiger charge is 2.09. The Morgan fingerprint density at radius 2 is 2.33 bits per heavy atom. The summed E-state index contributed by atoms with van der Waals surface area (Å²) in [6.07, 6.45) is 1.58. The Hall–Kier alpha value is -0.150. The van der Waals surface area contributed by atoms with E-state index in [0.717, 1.165) is 20.6 Å². The van der Waals surface area contributed by atoms with Gasteiger partial charge in [-0.1, -0.05) is 6.92 Å². The van der Waals surface area contributed by atoms with Crippen LogP contribution in [-0.4, -0.2) is 5.78 Å². The van der Waals surface area contributed by atoms with Crippen molar-refractivity contribution in [1.29, 1.82) is 0 Å². The summed E-state index contributed by atoms with van der Waals surface area (Å²) in [5.41, 5.74) is 1.15. The first-order chi connectivity index (χ1) is 5.65. The normalized spacial score (nSPS) is 10.2. The van der Waals surface area contributed by atoms with E-state index >= 15 is 0 Å². The van der Waals surface area contributed by atoms with Gasteiger partial charge in [0.05, 0.1) is 8.66 Å². The molecule has 1 heterocycles. The van der Waals surface area contributed by atoms with Crippen LogP contribution in [0.25, 0.3) is 0 Å². The molecule has 0 radical (unpaired) electrons. The van der Waals surface area contributed by atoms with E-state index in [1.807, 2.05) is 19.9 Å². The third-order valence-corrected chi connectivity index (χ3v) is 3.79. The molecule has 0 saturated heterocycles. The Balaban J connectivity index is 2.82. The van der Waals surface area contributed by atoms with E-state index in [9.17, 15) is 4.79 Å². The number of hydrogen-bond donors (Lipinski definition) is 0. The van der Waals surface area contributed by atoms with Gasteiger partial charge in [0.15, 0.2) is 5.78 Å². The highest BCUT2D eigenvalue weighted by atomic mass is 79.9. The molecule has 1 aromatic rings. The van der Waals surface area contributed by atoms with Crippen LogP contribution >= 0.6 is 27.3 Å². The quantitative estimate of drug-likeness (QED) is 0.742. The number of carbonyl (C=O) groups excluding carboxylic acids is 1. The second-order valence-corrected chi connectivity index (χ2v) is 5.11. The van der Waals surface area contributed by atoms with Crippen molar-refractivity contribution in [3.05, 3.63) is 20.3 Å². The number of hydrogen-bond acceptors (Lipinski definition) is 2. The fourth-order valence-electron chi connectivity index (χ4n) is 0.948. The Labute approximate surface area is 84.9 Å². The molecule has 1 aromatic heterocycles. The van der Waals surface area contributed by atoms with Crippen LogP contribution < -0.4 is 0 Å². The number of aryl methyl sites for hydroxylation is 1. The zero-order chi connectivity index (χ0) is 9.14. The Kier molecular flexibility index (Phi) is 3.47. The number of halogens is 1. The first kappa shape index (κ1) is 9.93. The van der Waals surface area contributed by atoms with Gasteiger partial charge in [0.2, 0.25) is 0 Å². The summed E-state index contributed by atoms with van der Waals surface area (Å²) in [7, 11) is 0. The third kappa shape index (κ3) is 2.17. The standard InChI is InChI=1S/C9H11BrOS/c1-3-4-7(11)8-5-6(2)9(10)12-8/h5H,3-4H2,1-2H3. The van der Waals surface area contributed by atoms with Gasteiger partial charge >= 0.3 is 0 Å². The molecule has 0 aromatic carbocycles. The molecule has 66 valence electrons. The maximum absolute atomic E-state index is 11.4. The van der Waals surface area contributed by atoms with Crippen LogP contribution in [0.5, 0.6) is 0 Å². The van der Waals surface area contributed by atoms with Gasteiger partial charge in [-0.15, -0.1) is 11.3 Å². The average Bonchev–Trinajstić information content (AvgIpc) is 2.33. The molecule has 1 nitrogen and oxygen atoms in total. The zero-order valence-corrected chi connectivity index (χ0v) is 9.59. The third-order valence-electron chi connectivity index (χ3n) is 1.61. The average molecular weight is 247 g/mol. The molecule has 0 amide bonds. The van der Waals surface area contributed by atoms with Gasteiger partial charge in [-0.2, -0.15) is 0 Å². The van der Waals surface area contributed by atoms with Crippen LogP contribution in [0, 0.1) is 6.92 Å². The number of carbonyl (C=O) groups is 1. The Morgan fingerprint density at radius 3 is 2.75 bits per heavy atom. The molecular weight excluding hydrogens is 236 g/mol. The lowest BCUT2D eigenvalue weighted by atomic mass is 10.2. The molecule has 0 atom stereocenters. The van der Waals surface area contributed by atoms with Crippen molar-refractivity contribution in [2.24, 2.45) is 0 Å². The van der Waals surface area contributed by atoms with Gasteiger partial charge in [0.25, 0.3) is 0 Å². The maximum atomic E-state index is 11.4.